The van der Waals surface area contributed by atoms with Crippen LogP contribution in [0, 0.1) is 0 Å². The van der Waals surface area contributed by atoms with Crippen LogP contribution in [0.2, 0.25) is 0 Å². The first kappa shape index (κ1) is 12.4. The van der Waals surface area contributed by atoms with E-state index >= 15 is 0 Å². The Bertz CT molecular complexity index is 666. The summed E-state index contributed by atoms with van der Waals surface area (Å²) in [6.07, 6.45) is 2.79. The van der Waals surface area contributed by atoms with Gasteiger partial charge >= 0.3 is 0 Å². The van der Waals surface area contributed by atoms with Crippen molar-refractivity contribution in [1.29, 1.82) is 0 Å². The summed E-state index contributed by atoms with van der Waals surface area (Å²) in [7, 11) is 0. The van der Waals surface area contributed by atoms with Gasteiger partial charge in [0.1, 0.15) is 0 Å². The smallest absolute Gasteiger partial charge is 0.255 e. The third-order valence-corrected chi connectivity index (χ3v) is 3.78. The number of aryl methyl sites for hydroxylation is 1. The lowest BCUT2D eigenvalue weighted by Gasteiger charge is -2.07. The molecule has 98 valence electrons. The molecular weight excluding hydrogens is 306 g/mol. The van der Waals surface area contributed by atoms with Crippen LogP contribution in [0.1, 0.15) is 23.2 Å². The van der Waals surface area contributed by atoms with E-state index in [1.54, 1.807) is 0 Å². The Morgan fingerprint density at radius 1 is 1.37 bits per heavy atom. The molecule has 2 N–H and O–H groups in total. The van der Waals surface area contributed by atoms with Crippen molar-refractivity contribution in [2.24, 2.45) is 0 Å². The zero-order valence-corrected chi connectivity index (χ0v) is 12.0. The lowest BCUT2D eigenvalue weighted by Crippen LogP contribution is -2.17. The molecule has 2 aromatic rings. The second-order valence-electron chi connectivity index (χ2n) is 4.68. The molecule has 1 heterocycles. The number of aromatic nitrogens is 2. The maximum Gasteiger partial charge on any atom is 0.255 e. The first-order chi connectivity index (χ1) is 9.22. The van der Waals surface area contributed by atoms with Gasteiger partial charge in [-0.25, -0.2) is 4.98 Å². The molecule has 0 unspecified atom stereocenters. The zero-order chi connectivity index (χ0) is 13.2. The summed E-state index contributed by atoms with van der Waals surface area (Å²) in [6.45, 7) is 0.640. The topological polar surface area (TPSA) is 57.8 Å². The number of benzene rings is 1. The molecule has 0 aliphatic heterocycles. The molecule has 0 saturated heterocycles. The van der Waals surface area contributed by atoms with Gasteiger partial charge in [0, 0.05) is 16.6 Å². The molecule has 1 aromatic heterocycles. The number of H-pyrrole nitrogens is 1. The van der Waals surface area contributed by atoms with E-state index in [1.807, 2.05) is 24.3 Å². The van der Waals surface area contributed by atoms with Crippen molar-refractivity contribution < 1.29 is 0 Å². The molecule has 0 bridgehead atoms. The van der Waals surface area contributed by atoms with E-state index < -0.39 is 0 Å². The van der Waals surface area contributed by atoms with Crippen molar-refractivity contribution in [3.8, 4) is 0 Å². The molecule has 1 aliphatic carbocycles. The van der Waals surface area contributed by atoms with Gasteiger partial charge in [0.25, 0.3) is 5.56 Å². The van der Waals surface area contributed by atoms with Crippen molar-refractivity contribution in [2.45, 2.75) is 25.8 Å². The Labute approximate surface area is 119 Å². The maximum atomic E-state index is 11.9. The van der Waals surface area contributed by atoms with Gasteiger partial charge in [-0.15, -0.1) is 0 Å². The number of hydrogen-bond donors (Lipinski definition) is 2. The standard InChI is InChI=1S/C14H14BrN3O/c15-10-4-1-3-9(7-10)8-16-14-17-12-6-2-5-11(12)13(19)18-14/h1,3-4,7H,2,5-6,8H2,(H2,16,17,18,19). The average Bonchev–Trinajstić information content (AvgIpc) is 2.85. The first-order valence-corrected chi connectivity index (χ1v) is 7.12. The molecule has 4 nitrogen and oxygen atoms in total. The van der Waals surface area contributed by atoms with E-state index in [0.717, 1.165) is 40.6 Å². The van der Waals surface area contributed by atoms with Gasteiger partial charge in [-0.2, -0.15) is 0 Å². The number of halogens is 1. The predicted octanol–water partition coefficient (Wildman–Crippen LogP) is 2.63. The summed E-state index contributed by atoms with van der Waals surface area (Å²) in [6, 6.07) is 8.04. The first-order valence-electron chi connectivity index (χ1n) is 6.33. The lowest BCUT2D eigenvalue weighted by molar-refractivity contribution is 0.898. The van der Waals surface area contributed by atoms with Gasteiger partial charge in [0.05, 0.1) is 5.69 Å². The second kappa shape index (κ2) is 5.17. The molecule has 1 aromatic carbocycles. The van der Waals surface area contributed by atoms with Crippen molar-refractivity contribution in [2.75, 3.05) is 5.32 Å². The van der Waals surface area contributed by atoms with Gasteiger partial charge in [0.15, 0.2) is 0 Å². The fourth-order valence-electron chi connectivity index (χ4n) is 2.36. The highest BCUT2D eigenvalue weighted by Gasteiger charge is 2.16. The molecule has 1 aliphatic rings. The summed E-state index contributed by atoms with van der Waals surface area (Å²) < 4.78 is 1.04. The van der Waals surface area contributed by atoms with Crippen molar-refractivity contribution in [1.82, 2.24) is 9.97 Å². The van der Waals surface area contributed by atoms with Crippen LogP contribution < -0.4 is 10.9 Å². The van der Waals surface area contributed by atoms with Crippen LogP contribution in [-0.4, -0.2) is 9.97 Å². The minimum atomic E-state index is -0.000702. The van der Waals surface area contributed by atoms with Crippen LogP contribution >= 0.6 is 15.9 Å². The normalized spacial score (nSPS) is 13.3. The second-order valence-corrected chi connectivity index (χ2v) is 5.59. The third kappa shape index (κ3) is 2.71. The van der Waals surface area contributed by atoms with Gasteiger partial charge in [0.2, 0.25) is 5.95 Å². The maximum absolute atomic E-state index is 11.9. The van der Waals surface area contributed by atoms with Crippen LogP contribution in [0.15, 0.2) is 33.5 Å². The van der Waals surface area contributed by atoms with Gasteiger partial charge in [-0.1, -0.05) is 28.1 Å². The van der Waals surface area contributed by atoms with Gasteiger partial charge in [-0.3, -0.25) is 9.78 Å². The SMILES string of the molecule is O=c1[nH]c(NCc2cccc(Br)c2)nc2c1CCC2. The minimum Gasteiger partial charge on any atom is -0.352 e. The monoisotopic (exact) mass is 319 g/mol. The number of rotatable bonds is 3. The number of fused-ring (bicyclic) bond motifs is 1. The number of aromatic amines is 1. The molecule has 0 atom stereocenters. The Balaban J connectivity index is 1.77. The highest BCUT2D eigenvalue weighted by Crippen LogP contribution is 2.17. The number of anilines is 1. The van der Waals surface area contributed by atoms with Crippen molar-refractivity contribution >= 4 is 21.9 Å². The summed E-state index contributed by atoms with van der Waals surface area (Å²) in [5, 5.41) is 3.17. The van der Waals surface area contributed by atoms with Crippen LogP contribution in [-0.2, 0) is 19.4 Å². The van der Waals surface area contributed by atoms with E-state index in [0.29, 0.717) is 12.5 Å². The van der Waals surface area contributed by atoms with E-state index in [9.17, 15) is 4.79 Å². The summed E-state index contributed by atoms with van der Waals surface area (Å²) in [5.41, 5.74) is 2.94. The molecule has 5 heteroatoms. The van der Waals surface area contributed by atoms with E-state index in [2.05, 4.69) is 31.2 Å². The fourth-order valence-corrected chi connectivity index (χ4v) is 2.80. The average molecular weight is 320 g/mol. The van der Waals surface area contributed by atoms with E-state index in [-0.39, 0.29) is 5.56 Å². The molecular formula is C14H14BrN3O. The molecule has 3 rings (SSSR count). The highest BCUT2D eigenvalue weighted by molar-refractivity contribution is 9.10. The lowest BCUT2D eigenvalue weighted by atomic mass is 10.2. The Morgan fingerprint density at radius 2 is 2.26 bits per heavy atom. The molecule has 19 heavy (non-hydrogen) atoms. The highest BCUT2D eigenvalue weighted by atomic mass is 79.9. The molecule has 0 radical (unpaired) electrons. The fraction of sp³-hybridized carbons (Fsp3) is 0.286. The summed E-state index contributed by atoms with van der Waals surface area (Å²) in [4.78, 5) is 19.1. The third-order valence-electron chi connectivity index (χ3n) is 3.29. The minimum absolute atomic E-state index is 0.000702. The van der Waals surface area contributed by atoms with Crippen LogP contribution in [0.3, 0.4) is 0 Å². The quantitative estimate of drug-likeness (QED) is 0.914. The van der Waals surface area contributed by atoms with E-state index in [1.165, 1.54) is 0 Å². The summed E-state index contributed by atoms with van der Waals surface area (Å²) in [5.74, 6) is 0.561. The van der Waals surface area contributed by atoms with Gasteiger partial charge in [-0.05, 0) is 37.0 Å². The Hall–Kier alpha value is -1.62. The summed E-state index contributed by atoms with van der Waals surface area (Å²) >= 11 is 3.44. The van der Waals surface area contributed by atoms with Crippen LogP contribution in [0.25, 0.3) is 0 Å². The number of hydrogen-bond acceptors (Lipinski definition) is 3. The van der Waals surface area contributed by atoms with Crippen LogP contribution in [0.4, 0.5) is 5.95 Å². The number of nitrogens with zero attached hydrogens (tertiary/aromatic N) is 1. The van der Waals surface area contributed by atoms with E-state index in [4.69, 9.17) is 0 Å². The molecule has 0 fully saturated rings. The van der Waals surface area contributed by atoms with Crippen molar-refractivity contribution in [3.63, 3.8) is 0 Å². The molecule has 0 saturated carbocycles. The Kier molecular flexibility index (Phi) is 3.38. The molecule has 0 spiro atoms. The predicted molar refractivity (Wildman–Crippen MR) is 78.4 cm³/mol. The zero-order valence-electron chi connectivity index (χ0n) is 10.4. The molecule has 0 amide bonds. The van der Waals surface area contributed by atoms with Gasteiger partial charge < -0.3 is 5.32 Å². The van der Waals surface area contributed by atoms with Crippen LogP contribution in [0.5, 0.6) is 0 Å². The largest absolute Gasteiger partial charge is 0.352 e. The van der Waals surface area contributed by atoms with Crippen molar-refractivity contribution in [3.05, 3.63) is 55.9 Å². The Morgan fingerprint density at radius 3 is 3.11 bits per heavy atom. The number of nitrogens with one attached hydrogen (secondary N) is 2.